The van der Waals surface area contributed by atoms with Gasteiger partial charge in [0.25, 0.3) is 0 Å². The van der Waals surface area contributed by atoms with Crippen molar-refractivity contribution in [2.24, 2.45) is 0 Å². The summed E-state index contributed by atoms with van der Waals surface area (Å²) < 4.78 is 0. The maximum absolute atomic E-state index is 11.9. The van der Waals surface area contributed by atoms with Gasteiger partial charge in [-0.3, -0.25) is 4.89 Å². The quantitative estimate of drug-likeness (QED) is 0.353. The highest BCUT2D eigenvalue weighted by atomic mass is 17.2. The molecule has 1 rings (SSSR count). The van der Waals surface area contributed by atoms with Crippen LogP contribution in [0.4, 0.5) is 0 Å². The van der Waals surface area contributed by atoms with Gasteiger partial charge in [-0.15, -0.1) is 0 Å². The molecular weight excluding hydrogens is 252 g/mol. The summed E-state index contributed by atoms with van der Waals surface area (Å²) >= 11 is 0. The number of hydrogen-bond acceptors (Lipinski definition) is 3. The second-order valence-corrected chi connectivity index (χ2v) is 4.95. The number of carbonyl (C=O) groups is 1. The van der Waals surface area contributed by atoms with Crippen LogP contribution in [0.25, 0.3) is 0 Å². The van der Waals surface area contributed by atoms with Gasteiger partial charge in [0.05, 0.1) is 12.2 Å². The highest BCUT2D eigenvalue weighted by Gasteiger charge is 2.12. The first kappa shape index (κ1) is 16.7. The van der Waals surface area contributed by atoms with Crippen molar-refractivity contribution in [2.75, 3.05) is 6.61 Å². The Hall–Kier alpha value is -1.35. The first-order valence-electron chi connectivity index (χ1n) is 7.71. The van der Waals surface area contributed by atoms with Crippen molar-refractivity contribution in [2.45, 2.75) is 58.8 Å². The van der Waals surface area contributed by atoms with Crippen LogP contribution in [0.1, 0.15) is 68.3 Å². The van der Waals surface area contributed by atoms with Crippen LogP contribution in [-0.4, -0.2) is 12.6 Å². The molecule has 0 heterocycles. The van der Waals surface area contributed by atoms with Crippen molar-refractivity contribution in [1.82, 2.24) is 0 Å². The summed E-state index contributed by atoms with van der Waals surface area (Å²) in [5.41, 5.74) is 1.67. The second kappa shape index (κ2) is 10.4. The average Bonchev–Trinajstić information content (AvgIpc) is 2.48. The van der Waals surface area contributed by atoms with Crippen molar-refractivity contribution in [3.05, 3.63) is 35.4 Å². The molecule has 0 fully saturated rings. The molecule has 0 saturated heterocycles. The molecule has 0 amide bonds. The summed E-state index contributed by atoms with van der Waals surface area (Å²) in [7, 11) is 0. The molecule has 3 heteroatoms. The van der Waals surface area contributed by atoms with Crippen molar-refractivity contribution in [1.29, 1.82) is 0 Å². The molecule has 0 unspecified atom stereocenters. The van der Waals surface area contributed by atoms with Crippen molar-refractivity contribution in [3.63, 3.8) is 0 Å². The van der Waals surface area contributed by atoms with Crippen LogP contribution in [0, 0.1) is 0 Å². The molecular formula is C17H26O3. The lowest BCUT2D eigenvalue weighted by atomic mass is 10.0. The maximum Gasteiger partial charge on any atom is 0.373 e. The van der Waals surface area contributed by atoms with E-state index in [0.717, 1.165) is 18.4 Å². The van der Waals surface area contributed by atoms with E-state index in [9.17, 15) is 4.79 Å². The van der Waals surface area contributed by atoms with E-state index in [2.05, 4.69) is 6.92 Å². The third-order valence-corrected chi connectivity index (χ3v) is 3.29. The highest BCUT2D eigenvalue weighted by molar-refractivity contribution is 5.90. The van der Waals surface area contributed by atoms with E-state index in [1.165, 1.54) is 32.1 Å². The van der Waals surface area contributed by atoms with Crippen LogP contribution in [0.5, 0.6) is 0 Å². The molecule has 0 bridgehead atoms. The average molecular weight is 278 g/mol. The third-order valence-electron chi connectivity index (χ3n) is 3.29. The second-order valence-electron chi connectivity index (χ2n) is 4.95. The summed E-state index contributed by atoms with van der Waals surface area (Å²) in [4.78, 5) is 21.3. The minimum absolute atomic E-state index is 0.366. The minimum atomic E-state index is -0.395. The zero-order valence-corrected chi connectivity index (χ0v) is 12.7. The molecule has 3 nitrogen and oxygen atoms in total. The third kappa shape index (κ3) is 6.20. The molecule has 0 aliphatic rings. The predicted molar refractivity (Wildman–Crippen MR) is 80.6 cm³/mol. The Kier molecular flexibility index (Phi) is 8.72. The number of benzene rings is 1. The van der Waals surface area contributed by atoms with Gasteiger partial charge >= 0.3 is 5.97 Å². The van der Waals surface area contributed by atoms with Crippen LogP contribution in [0.15, 0.2) is 24.3 Å². The number of carbonyl (C=O) groups excluding carboxylic acids is 1. The Bertz CT molecular complexity index is 388. The van der Waals surface area contributed by atoms with Gasteiger partial charge in [-0.05, 0) is 31.4 Å². The molecule has 0 atom stereocenters. The zero-order valence-electron chi connectivity index (χ0n) is 12.7. The predicted octanol–water partition coefficient (Wildman–Crippen LogP) is 4.70. The summed E-state index contributed by atoms with van der Waals surface area (Å²) in [6.45, 7) is 4.38. The molecule has 0 saturated carbocycles. The smallest absolute Gasteiger partial charge is 0.293 e. The van der Waals surface area contributed by atoms with Gasteiger partial charge in [0.2, 0.25) is 0 Å². The van der Waals surface area contributed by atoms with E-state index in [0.29, 0.717) is 12.2 Å². The van der Waals surface area contributed by atoms with Gasteiger partial charge < -0.3 is 0 Å². The minimum Gasteiger partial charge on any atom is -0.293 e. The van der Waals surface area contributed by atoms with E-state index in [4.69, 9.17) is 9.78 Å². The van der Waals surface area contributed by atoms with Gasteiger partial charge in [0.15, 0.2) is 0 Å². The lowest BCUT2D eigenvalue weighted by Crippen LogP contribution is -2.09. The lowest BCUT2D eigenvalue weighted by Gasteiger charge is -2.08. The van der Waals surface area contributed by atoms with E-state index in [1.54, 1.807) is 13.0 Å². The SMILES string of the molecule is CCCCCCCCc1ccccc1C(=O)OOCC. The van der Waals surface area contributed by atoms with Gasteiger partial charge in [-0.2, -0.15) is 4.89 Å². The molecule has 0 aromatic heterocycles. The topological polar surface area (TPSA) is 35.5 Å². The highest BCUT2D eigenvalue weighted by Crippen LogP contribution is 2.15. The molecule has 0 aliphatic carbocycles. The van der Waals surface area contributed by atoms with Gasteiger partial charge in [-0.1, -0.05) is 57.2 Å². The zero-order chi connectivity index (χ0) is 14.6. The fourth-order valence-corrected chi connectivity index (χ4v) is 2.19. The largest absolute Gasteiger partial charge is 0.373 e. The van der Waals surface area contributed by atoms with Crippen LogP contribution in [-0.2, 0) is 16.2 Å². The first-order chi connectivity index (χ1) is 9.79. The maximum atomic E-state index is 11.9. The van der Waals surface area contributed by atoms with Crippen LogP contribution in [0.3, 0.4) is 0 Å². The van der Waals surface area contributed by atoms with E-state index >= 15 is 0 Å². The van der Waals surface area contributed by atoms with Gasteiger partial charge in [0, 0.05) is 0 Å². The molecule has 0 aliphatic heterocycles. The summed E-state index contributed by atoms with van der Waals surface area (Å²) in [6, 6.07) is 7.61. The molecule has 0 N–H and O–H groups in total. The standard InChI is InChI=1S/C17H26O3/c1-3-5-6-7-8-9-12-15-13-10-11-14-16(15)17(18)20-19-4-2/h10-11,13-14H,3-9,12H2,1-2H3. The molecule has 20 heavy (non-hydrogen) atoms. The number of aryl methyl sites for hydroxylation is 1. The monoisotopic (exact) mass is 278 g/mol. The Morgan fingerprint density at radius 1 is 1.00 bits per heavy atom. The molecule has 112 valence electrons. The molecule has 0 radical (unpaired) electrons. The molecule has 1 aromatic rings. The van der Waals surface area contributed by atoms with Crippen molar-refractivity contribution < 1.29 is 14.6 Å². The Morgan fingerprint density at radius 2 is 1.70 bits per heavy atom. The molecule has 0 spiro atoms. The molecule has 1 aromatic carbocycles. The van der Waals surface area contributed by atoms with Gasteiger partial charge in [-0.25, -0.2) is 4.79 Å². The Morgan fingerprint density at radius 3 is 2.45 bits per heavy atom. The number of rotatable bonds is 10. The fraction of sp³-hybridized carbons (Fsp3) is 0.588. The van der Waals surface area contributed by atoms with Crippen molar-refractivity contribution in [3.8, 4) is 0 Å². The summed E-state index contributed by atoms with van der Waals surface area (Å²) in [5, 5.41) is 0. The Balaban J connectivity index is 2.42. The van der Waals surface area contributed by atoms with Crippen LogP contribution >= 0.6 is 0 Å². The van der Waals surface area contributed by atoms with E-state index < -0.39 is 5.97 Å². The van der Waals surface area contributed by atoms with Gasteiger partial charge in [0.1, 0.15) is 0 Å². The lowest BCUT2D eigenvalue weighted by molar-refractivity contribution is -0.236. The van der Waals surface area contributed by atoms with Crippen molar-refractivity contribution >= 4 is 5.97 Å². The number of unbranched alkanes of at least 4 members (excludes halogenated alkanes) is 5. The normalized spacial score (nSPS) is 10.5. The van der Waals surface area contributed by atoms with Crippen LogP contribution < -0.4 is 0 Å². The fourth-order valence-electron chi connectivity index (χ4n) is 2.19. The summed E-state index contributed by atoms with van der Waals surface area (Å²) in [6.07, 6.45) is 8.42. The number of hydrogen-bond donors (Lipinski definition) is 0. The van der Waals surface area contributed by atoms with E-state index in [-0.39, 0.29) is 0 Å². The van der Waals surface area contributed by atoms with E-state index in [1.807, 2.05) is 18.2 Å². The van der Waals surface area contributed by atoms with Crippen LogP contribution in [0.2, 0.25) is 0 Å². The summed E-state index contributed by atoms with van der Waals surface area (Å²) in [5.74, 6) is -0.395. The first-order valence-corrected chi connectivity index (χ1v) is 7.71. The Labute approximate surface area is 122 Å².